The lowest BCUT2D eigenvalue weighted by Crippen LogP contribution is -2.40. The van der Waals surface area contributed by atoms with Gasteiger partial charge in [-0.3, -0.25) is 9.36 Å². The van der Waals surface area contributed by atoms with Crippen LogP contribution in [0.4, 0.5) is 4.39 Å². The van der Waals surface area contributed by atoms with Crippen molar-refractivity contribution in [3.63, 3.8) is 0 Å². The first kappa shape index (κ1) is 28.7. The van der Waals surface area contributed by atoms with Crippen molar-refractivity contribution in [2.45, 2.75) is 26.0 Å². The van der Waals surface area contributed by atoms with Crippen LogP contribution in [0.3, 0.4) is 0 Å². The fraction of sp³-hybridized carbons (Fsp3) is 0.194. The Morgan fingerprint density at radius 1 is 1.12 bits per heavy atom. The summed E-state index contributed by atoms with van der Waals surface area (Å²) in [5, 5.41) is 0. The van der Waals surface area contributed by atoms with Gasteiger partial charge in [0, 0.05) is 9.13 Å². The van der Waals surface area contributed by atoms with Crippen molar-refractivity contribution in [3.8, 4) is 11.5 Å². The van der Waals surface area contributed by atoms with E-state index in [9.17, 15) is 14.0 Å². The summed E-state index contributed by atoms with van der Waals surface area (Å²) in [6, 6.07) is 18.5. The third-order valence-corrected chi connectivity index (χ3v) is 8.22. The maximum atomic E-state index is 14.0. The second-order valence-electron chi connectivity index (χ2n) is 9.14. The van der Waals surface area contributed by atoms with E-state index >= 15 is 0 Å². The van der Waals surface area contributed by atoms with Gasteiger partial charge in [0.15, 0.2) is 16.3 Å². The molecule has 3 aromatic carbocycles. The van der Waals surface area contributed by atoms with Crippen LogP contribution in [0.1, 0.15) is 36.1 Å². The molecule has 0 amide bonds. The molecule has 0 fully saturated rings. The third kappa shape index (κ3) is 5.84. The lowest BCUT2D eigenvalue weighted by Gasteiger charge is -2.25. The topological polar surface area (TPSA) is 79.1 Å². The molecular formula is C31H26FIN2O5S. The van der Waals surface area contributed by atoms with Crippen molar-refractivity contribution in [1.82, 2.24) is 4.57 Å². The number of hydrogen-bond acceptors (Lipinski definition) is 7. The summed E-state index contributed by atoms with van der Waals surface area (Å²) in [7, 11) is 2.88. The quantitative estimate of drug-likeness (QED) is 0.190. The summed E-state index contributed by atoms with van der Waals surface area (Å²) in [4.78, 5) is 32.2. The van der Waals surface area contributed by atoms with Crippen LogP contribution in [0.5, 0.6) is 11.5 Å². The zero-order valence-corrected chi connectivity index (χ0v) is 25.5. The summed E-state index contributed by atoms with van der Waals surface area (Å²) in [5.74, 6) is 0.105. The highest BCUT2D eigenvalue weighted by atomic mass is 127. The molecule has 1 aliphatic heterocycles. The van der Waals surface area contributed by atoms with Crippen LogP contribution in [0.15, 0.2) is 87.8 Å². The van der Waals surface area contributed by atoms with Gasteiger partial charge < -0.3 is 14.2 Å². The van der Waals surface area contributed by atoms with Gasteiger partial charge in [0.05, 0.1) is 36.1 Å². The number of halogens is 2. The van der Waals surface area contributed by atoms with Crippen molar-refractivity contribution in [1.29, 1.82) is 0 Å². The molecule has 0 spiro atoms. The van der Waals surface area contributed by atoms with E-state index in [1.54, 1.807) is 29.9 Å². The number of fused-ring (bicyclic) bond motifs is 1. The first-order valence-electron chi connectivity index (χ1n) is 12.8. The van der Waals surface area contributed by atoms with Crippen molar-refractivity contribution in [2.75, 3.05) is 14.2 Å². The molecule has 2 heterocycles. The Bertz CT molecular complexity index is 1810. The second-order valence-corrected chi connectivity index (χ2v) is 11.4. The fourth-order valence-electron chi connectivity index (χ4n) is 4.69. The van der Waals surface area contributed by atoms with E-state index in [1.165, 1.54) is 30.6 Å². The van der Waals surface area contributed by atoms with E-state index < -0.39 is 12.0 Å². The van der Waals surface area contributed by atoms with Crippen LogP contribution in [0.2, 0.25) is 0 Å². The first-order valence-corrected chi connectivity index (χ1v) is 14.7. The van der Waals surface area contributed by atoms with Crippen LogP contribution in [0.25, 0.3) is 6.08 Å². The molecule has 0 saturated carbocycles. The van der Waals surface area contributed by atoms with E-state index in [0.717, 1.165) is 14.7 Å². The largest absolute Gasteiger partial charge is 0.493 e. The Kier molecular flexibility index (Phi) is 8.69. The molecule has 1 aromatic heterocycles. The molecule has 1 atom stereocenters. The number of hydrogen-bond donors (Lipinski definition) is 0. The number of methoxy groups -OCH3 is 2. The average molecular weight is 685 g/mol. The summed E-state index contributed by atoms with van der Waals surface area (Å²) in [6.45, 7) is 2.09. The van der Waals surface area contributed by atoms with Gasteiger partial charge in [-0.05, 0) is 70.5 Å². The minimum absolute atomic E-state index is 0.176. The molecule has 0 aliphatic carbocycles. The highest BCUT2D eigenvalue weighted by Gasteiger charge is 2.33. The Morgan fingerprint density at radius 3 is 2.51 bits per heavy atom. The molecule has 0 saturated heterocycles. The summed E-state index contributed by atoms with van der Waals surface area (Å²) in [5.41, 5.74) is 2.84. The molecule has 1 aliphatic rings. The lowest BCUT2D eigenvalue weighted by molar-refractivity contribution is -0.136. The average Bonchev–Trinajstić information content (AvgIpc) is 3.30. The maximum Gasteiger partial charge on any atom is 0.338 e. The van der Waals surface area contributed by atoms with Gasteiger partial charge in [0.25, 0.3) is 5.56 Å². The van der Waals surface area contributed by atoms with Gasteiger partial charge in [-0.15, -0.1) is 0 Å². The molecule has 210 valence electrons. The fourth-order valence-corrected chi connectivity index (χ4v) is 6.32. The predicted molar refractivity (Wildman–Crippen MR) is 163 cm³/mol. The van der Waals surface area contributed by atoms with E-state index in [-0.39, 0.29) is 18.0 Å². The molecule has 4 aromatic rings. The van der Waals surface area contributed by atoms with Gasteiger partial charge in [0.1, 0.15) is 12.4 Å². The number of carbonyl (C=O) groups is 1. The molecule has 41 heavy (non-hydrogen) atoms. The highest BCUT2D eigenvalue weighted by molar-refractivity contribution is 14.1. The molecule has 7 nitrogen and oxygen atoms in total. The Labute approximate surface area is 253 Å². The number of thiazole rings is 1. The number of allylic oxidation sites excluding steroid dienone is 1. The minimum atomic E-state index is -0.684. The van der Waals surface area contributed by atoms with Gasteiger partial charge >= 0.3 is 5.97 Å². The number of aromatic nitrogens is 1. The van der Waals surface area contributed by atoms with Gasteiger partial charge in [-0.2, -0.15) is 0 Å². The van der Waals surface area contributed by atoms with Crippen LogP contribution in [-0.4, -0.2) is 24.8 Å². The van der Waals surface area contributed by atoms with Gasteiger partial charge in [-0.25, -0.2) is 14.2 Å². The molecule has 0 radical (unpaired) electrons. The molecule has 0 unspecified atom stereocenters. The zero-order valence-electron chi connectivity index (χ0n) is 22.5. The molecule has 5 rings (SSSR count). The minimum Gasteiger partial charge on any atom is -0.493 e. The molecule has 10 heteroatoms. The molecule has 0 bridgehead atoms. The van der Waals surface area contributed by atoms with E-state index in [0.29, 0.717) is 44.1 Å². The molecule has 0 N–H and O–H groups in total. The predicted octanol–water partition coefficient (Wildman–Crippen LogP) is 5.13. The van der Waals surface area contributed by atoms with Crippen molar-refractivity contribution >= 4 is 46.0 Å². The van der Waals surface area contributed by atoms with Crippen LogP contribution in [0, 0.1) is 9.39 Å². The van der Waals surface area contributed by atoms with E-state index in [2.05, 4.69) is 22.6 Å². The Balaban J connectivity index is 1.67. The number of esters is 1. The van der Waals surface area contributed by atoms with Crippen LogP contribution in [-0.2, 0) is 16.1 Å². The number of nitrogens with zero attached hydrogens (tertiary/aromatic N) is 2. The van der Waals surface area contributed by atoms with Crippen LogP contribution < -0.4 is 24.4 Å². The summed E-state index contributed by atoms with van der Waals surface area (Å²) < 4.78 is 33.2. The summed E-state index contributed by atoms with van der Waals surface area (Å²) in [6.07, 6.45) is 2.25. The van der Waals surface area contributed by atoms with Gasteiger partial charge in [0.2, 0.25) is 0 Å². The van der Waals surface area contributed by atoms with E-state index in [1.807, 2.05) is 49.4 Å². The Hall–Kier alpha value is -3.77. The normalized spacial score (nSPS) is 14.9. The van der Waals surface area contributed by atoms with Gasteiger partial charge in [-0.1, -0.05) is 60.7 Å². The lowest BCUT2D eigenvalue weighted by atomic mass is 9.95. The Morgan fingerprint density at radius 2 is 1.85 bits per heavy atom. The van der Waals surface area contributed by atoms with Crippen molar-refractivity contribution < 1.29 is 23.4 Å². The van der Waals surface area contributed by atoms with Crippen molar-refractivity contribution in [3.05, 3.63) is 124 Å². The SMILES string of the molecule is CCC1=C(C(=O)OC)[C@@H](c2ccccc2)n2c(s/c(=C/c3cc(I)cc(OC)c3OCc3ccc(F)cc3)c2=O)=N1. The monoisotopic (exact) mass is 684 g/mol. The maximum absolute atomic E-state index is 14.0. The smallest absolute Gasteiger partial charge is 0.338 e. The number of carbonyl (C=O) groups excluding carboxylic acids is 1. The third-order valence-electron chi connectivity index (χ3n) is 6.62. The number of ether oxygens (including phenoxy) is 3. The first-order chi connectivity index (χ1) is 19.8. The van der Waals surface area contributed by atoms with Crippen LogP contribution >= 0.6 is 33.9 Å². The standard InChI is InChI=1S/C31H26FIN2O5S/c1-4-23-26(30(37)39-3)27(19-8-6-5-7-9-19)35-29(36)25(41-31(35)34-23)15-20-14-22(33)16-24(38-2)28(20)40-17-18-10-12-21(32)13-11-18/h5-16,27H,4,17H2,1-3H3/b25-15+/t27-/m1/s1. The highest BCUT2D eigenvalue weighted by Crippen LogP contribution is 2.35. The zero-order chi connectivity index (χ0) is 29.1. The van der Waals surface area contributed by atoms with E-state index in [4.69, 9.17) is 19.2 Å². The summed E-state index contributed by atoms with van der Waals surface area (Å²) >= 11 is 3.42. The second kappa shape index (κ2) is 12.4. The number of benzene rings is 3. The van der Waals surface area contributed by atoms with Crippen molar-refractivity contribution in [2.24, 2.45) is 4.99 Å². The molecular weight excluding hydrogens is 658 g/mol. The number of rotatable bonds is 8.